The van der Waals surface area contributed by atoms with Crippen LogP contribution in [0.2, 0.25) is 0 Å². The summed E-state index contributed by atoms with van der Waals surface area (Å²) in [5.41, 5.74) is -1.16. The zero-order chi connectivity index (χ0) is 14.9. The fraction of sp³-hybridized carbons (Fsp3) is 0.714. The Balaban J connectivity index is 2.45. The molecule has 0 saturated carbocycles. The van der Waals surface area contributed by atoms with E-state index in [4.69, 9.17) is 4.74 Å². The van der Waals surface area contributed by atoms with Crippen molar-refractivity contribution in [1.29, 1.82) is 0 Å². The Hall–Kier alpha value is -1.56. The van der Waals surface area contributed by atoms with Crippen molar-refractivity contribution < 1.29 is 9.84 Å². The molecule has 2 N–H and O–H groups in total. The van der Waals surface area contributed by atoms with Gasteiger partial charge in [-0.2, -0.15) is 0 Å². The maximum Gasteiger partial charge on any atom is 0.331 e. The molecule has 112 valence electrons. The Morgan fingerprint density at radius 1 is 1.40 bits per heavy atom. The number of aromatic amines is 1. The highest BCUT2D eigenvalue weighted by Crippen LogP contribution is 2.37. The molecule has 20 heavy (non-hydrogen) atoms. The van der Waals surface area contributed by atoms with Gasteiger partial charge in [0.05, 0.1) is 11.2 Å². The second kappa shape index (κ2) is 5.44. The molecule has 1 atom stereocenters. The van der Waals surface area contributed by atoms with Crippen LogP contribution in [0.4, 0.5) is 0 Å². The lowest BCUT2D eigenvalue weighted by Gasteiger charge is -2.40. The van der Waals surface area contributed by atoms with Crippen molar-refractivity contribution in [2.24, 2.45) is 0 Å². The predicted octanol–water partition coefficient (Wildman–Crippen LogP) is 1.46. The number of hydrogen-bond acceptors (Lipinski definition) is 4. The highest BCUT2D eigenvalue weighted by molar-refractivity contribution is 5.21. The summed E-state index contributed by atoms with van der Waals surface area (Å²) >= 11 is 0. The van der Waals surface area contributed by atoms with Crippen molar-refractivity contribution in [3.8, 4) is 5.88 Å². The van der Waals surface area contributed by atoms with Gasteiger partial charge in [0.2, 0.25) is 5.88 Å². The summed E-state index contributed by atoms with van der Waals surface area (Å²) < 4.78 is 7.19. The van der Waals surface area contributed by atoms with Crippen LogP contribution in [0.5, 0.6) is 5.88 Å². The molecular weight excluding hydrogens is 260 g/mol. The van der Waals surface area contributed by atoms with Gasteiger partial charge in [-0.1, -0.05) is 13.8 Å². The Bertz CT molecular complexity index is 598. The number of aromatic nitrogens is 2. The molecule has 0 aromatic carbocycles. The van der Waals surface area contributed by atoms with Crippen LogP contribution in [-0.2, 0) is 4.74 Å². The Labute approximate surface area is 117 Å². The summed E-state index contributed by atoms with van der Waals surface area (Å²) in [6.07, 6.45) is 3.04. The number of aromatic hydroxyl groups is 1. The smallest absolute Gasteiger partial charge is 0.331 e. The van der Waals surface area contributed by atoms with E-state index in [1.807, 2.05) is 0 Å². The minimum Gasteiger partial charge on any atom is -0.494 e. The third-order valence-electron chi connectivity index (χ3n) is 4.46. The fourth-order valence-electron chi connectivity index (χ4n) is 2.93. The summed E-state index contributed by atoms with van der Waals surface area (Å²) in [5, 5.41) is 10.1. The van der Waals surface area contributed by atoms with E-state index in [1.54, 1.807) is 0 Å². The third kappa shape index (κ3) is 2.40. The second-order valence-electron chi connectivity index (χ2n) is 5.46. The first kappa shape index (κ1) is 14.8. The molecule has 0 spiro atoms. The molecule has 1 saturated heterocycles. The van der Waals surface area contributed by atoms with Crippen LogP contribution in [-0.4, -0.2) is 26.9 Å². The molecule has 2 rings (SSSR count). The van der Waals surface area contributed by atoms with Gasteiger partial charge >= 0.3 is 5.69 Å². The number of H-pyrrole nitrogens is 1. The SMILES string of the molecule is CCC1(CC)CC(n2c(O)c(C)c(=O)[nH]c2=O)CCO1. The lowest BCUT2D eigenvalue weighted by molar-refractivity contribution is -0.0998. The number of rotatable bonds is 3. The molecule has 0 aliphatic carbocycles. The Morgan fingerprint density at radius 3 is 2.65 bits per heavy atom. The lowest BCUT2D eigenvalue weighted by atomic mass is 9.85. The van der Waals surface area contributed by atoms with Crippen LogP contribution in [0.15, 0.2) is 9.59 Å². The van der Waals surface area contributed by atoms with Crippen LogP contribution in [0.3, 0.4) is 0 Å². The molecule has 6 nitrogen and oxygen atoms in total. The maximum absolute atomic E-state index is 12.0. The number of ether oxygens (including phenoxy) is 1. The van der Waals surface area contributed by atoms with Crippen molar-refractivity contribution in [3.63, 3.8) is 0 Å². The third-order valence-corrected chi connectivity index (χ3v) is 4.46. The highest BCUT2D eigenvalue weighted by atomic mass is 16.5. The molecule has 1 fully saturated rings. The zero-order valence-corrected chi connectivity index (χ0v) is 12.2. The van der Waals surface area contributed by atoms with E-state index in [0.29, 0.717) is 19.4 Å². The fourth-order valence-corrected chi connectivity index (χ4v) is 2.93. The lowest BCUT2D eigenvalue weighted by Crippen LogP contribution is -2.43. The summed E-state index contributed by atoms with van der Waals surface area (Å²) in [6.45, 7) is 6.19. The average Bonchev–Trinajstić information content (AvgIpc) is 2.45. The van der Waals surface area contributed by atoms with Crippen LogP contribution in [0.1, 0.15) is 51.1 Å². The van der Waals surface area contributed by atoms with Crippen molar-refractivity contribution in [2.45, 2.75) is 58.1 Å². The van der Waals surface area contributed by atoms with Crippen LogP contribution in [0, 0.1) is 6.92 Å². The number of nitrogens with zero attached hydrogens (tertiary/aromatic N) is 1. The Kier molecular flexibility index (Phi) is 4.04. The van der Waals surface area contributed by atoms with E-state index < -0.39 is 11.2 Å². The zero-order valence-electron chi connectivity index (χ0n) is 12.2. The molecule has 0 bridgehead atoms. The van der Waals surface area contributed by atoms with Crippen molar-refractivity contribution >= 4 is 0 Å². The summed E-state index contributed by atoms with van der Waals surface area (Å²) in [5.74, 6) is -0.230. The molecule has 1 unspecified atom stereocenters. The molecule has 1 aliphatic heterocycles. The predicted molar refractivity (Wildman–Crippen MR) is 75.3 cm³/mol. The van der Waals surface area contributed by atoms with Gasteiger partial charge in [0.15, 0.2) is 0 Å². The minimum absolute atomic E-state index is 0.147. The van der Waals surface area contributed by atoms with E-state index >= 15 is 0 Å². The summed E-state index contributed by atoms with van der Waals surface area (Å²) in [7, 11) is 0. The maximum atomic E-state index is 12.0. The van der Waals surface area contributed by atoms with Crippen LogP contribution < -0.4 is 11.2 Å². The van der Waals surface area contributed by atoms with E-state index in [-0.39, 0.29) is 23.1 Å². The van der Waals surface area contributed by atoms with E-state index in [2.05, 4.69) is 18.8 Å². The van der Waals surface area contributed by atoms with E-state index in [1.165, 1.54) is 11.5 Å². The highest BCUT2D eigenvalue weighted by Gasteiger charge is 2.36. The van der Waals surface area contributed by atoms with Crippen molar-refractivity contribution in [1.82, 2.24) is 9.55 Å². The van der Waals surface area contributed by atoms with Crippen LogP contribution >= 0.6 is 0 Å². The minimum atomic E-state index is -0.550. The number of nitrogens with one attached hydrogen (secondary N) is 1. The molecule has 1 aliphatic rings. The van der Waals surface area contributed by atoms with E-state index in [9.17, 15) is 14.7 Å². The Morgan fingerprint density at radius 2 is 2.05 bits per heavy atom. The summed E-state index contributed by atoms with van der Waals surface area (Å²) in [6, 6.07) is -0.147. The normalized spacial score (nSPS) is 21.9. The molecule has 0 radical (unpaired) electrons. The topological polar surface area (TPSA) is 84.3 Å². The van der Waals surface area contributed by atoms with Gasteiger partial charge in [0, 0.05) is 12.6 Å². The van der Waals surface area contributed by atoms with Crippen molar-refractivity contribution in [3.05, 3.63) is 26.4 Å². The van der Waals surface area contributed by atoms with Gasteiger partial charge in [0.1, 0.15) is 0 Å². The first-order valence-corrected chi connectivity index (χ1v) is 7.12. The van der Waals surface area contributed by atoms with Gasteiger partial charge in [0.25, 0.3) is 5.56 Å². The monoisotopic (exact) mass is 282 g/mol. The van der Waals surface area contributed by atoms with Gasteiger partial charge in [-0.05, 0) is 32.6 Å². The largest absolute Gasteiger partial charge is 0.494 e. The quantitative estimate of drug-likeness (QED) is 0.879. The van der Waals surface area contributed by atoms with Gasteiger partial charge in [-0.15, -0.1) is 0 Å². The first-order chi connectivity index (χ1) is 9.44. The second-order valence-corrected chi connectivity index (χ2v) is 5.46. The van der Waals surface area contributed by atoms with Gasteiger partial charge < -0.3 is 9.84 Å². The first-order valence-electron chi connectivity index (χ1n) is 7.12. The van der Waals surface area contributed by atoms with E-state index in [0.717, 1.165) is 12.8 Å². The molecule has 1 aromatic heterocycles. The molecule has 6 heteroatoms. The van der Waals surface area contributed by atoms with Gasteiger partial charge in [-0.25, -0.2) is 4.79 Å². The van der Waals surface area contributed by atoms with Crippen LogP contribution in [0.25, 0.3) is 0 Å². The number of hydrogen-bond donors (Lipinski definition) is 2. The molecule has 2 heterocycles. The van der Waals surface area contributed by atoms with Crippen molar-refractivity contribution in [2.75, 3.05) is 6.61 Å². The molecule has 0 amide bonds. The summed E-state index contributed by atoms with van der Waals surface area (Å²) in [4.78, 5) is 25.7. The van der Waals surface area contributed by atoms with Gasteiger partial charge in [-0.3, -0.25) is 14.3 Å². The standard InChI is InChI=1S/C14H22N2O4/c1-4-14(5-2)8-10(6-7-20-14)16-12(18)9(3)11(17)15-13(16)19/h10,18H,4-8H2,1-3H3,(H,15,17,19). The molecular formula is C14H22N2O4. The average molecular weight is 282 g/mol. The molecule has 1 aromatic rings.